The van der Waals surface area contributed by atoms with E-state index < -0.39 is 4.92 Å². The number of anilines is 2. The number of non-ortho nitro benzene ring substituents is 1. The van der Waals surface area contributed by atoms with E-state index in [1.54, 1.807) is 18.3 Å². The fraction of sp³-hybridized carbons (Fsp3) is 0.250. The van der Waals surface area contributed by atoms with Crippen molar-refractivity contribution in [1.82, 2.24) is 9.78 Å². The molecule has 0 aliphatic rings. The van der Waals surface area contributed by atoms with Gasteiger partial charge in [0.2, 0.25) is 0 Å². The fourth-order valence-electron chi connectivity index (χ4n) is 1.55. The number of aromatic nitrogens is 2. The van der Waals surface area contributed by atoms with Crippen LogP contribution in [0.15, 0.2) is 36.7 Å². The van der Waals surface area contributed by atoms with Crippen LogP contribution in [0.25, 0.3) is 0 Å². The van der Waals surface area contributed by atoms with Crippen LogP contribution < -0.4 is 5.32 Å². The number of nitro benzene ring substituents is 1. The Morgan fingerprint density at radius 1 is 1.39 bits per heavy atom. The summed E-state index contributed by atoms with van der Waals surface area (Å²) in [7, 11) is 0. The van der Waals surface area contributed by atoms with Gasteiger partial charge in [0.25, 0.3) is 5.69 Å². The Balaban J connectivity index is 2.17. The van der Waals surface area contributed by atoms with E-state index in [0.717, 1.165) is 5.69 Å². The van der Waals surface area contributed by atoms with Gasteiger partial charge in [-0.15, -0.1) is 0 Å². The topological polar surface area (TPSA) is 73.0 Å². The lowest BCUT2D eigenvalue weighted by Crippen LogP contribution is -1.99. The molecule has 1 N–H and O–H groups in total. The summed E-state index contributed by atoms with van der Waals surface area (Å²) in [5.41, 5.74) is 1.55. The zero-order valence-electron chi connectivity index (χ0n) is 10.2. The van der Waals surface area contributed by atoms with Gasteiger partial charge in [0.05, 0.1) is 16.8 Å². The second-order valence-electron chi connectivity index (χ2n) is 4.24. The van der Waals surface area contributed by atoms with Crippen LogP contribution >= 0.6 is 0 Å². The second kappa shape index (κ2) is 4.87. The van der Waals surface area contributed by atoms with Gasteiger partial charge in [0, 0.05) is 30.1 Å². The Bertz CT molecular complexity index is 563. The van der Waals surface area contributed by atoms with Crippen molar-refractivity contribution in [1.29, 1.82) is 0 Å². The molecule has 0 fully saturated rings. The lowest BCUT2D eigenvalue weighted by Gasteiger charge is -2.04. The van der Waals surface area contributed by atoms with E-state index in [4.69, 9.17) is 0 Å². The zero-order valence-corrected chi connectivity index (χ0v) is 10.2. The highest BCUT2D eigenvalue weighted by Crippen LogP contribution is 2.21. The largest absolute Gasteiger partial charge is 0.353 e. The summed E-state index contributed by atoms with van der Waals surface area (Å²) in [4.78, 5) is 10.2. The number of hydrogen-bond donors (Lipinski definition) is 1. The molecule has 0 saturated carbocycles. The number of hydrogen-bond acceptors (Lipinski definition) is 4. The van der Waals surface area contributed by atoms with Crippen LogP contribution in [0.5, 0.6) is 0 Å². The molecule has 1 aromatic carbocycles. The molecular formula is C12H14N4O2. The van der Waals surface area contributed by atoms with Crippen LogP contribution in [0.1, 0.15) is 19.9 Å². The molecule has 1 aromatic heterocycles. The van der Waals surface area contributed by atoms with E-state index in [-0.39, 0.29) is 11.7 Å². The molecule has 94 valence electrons. The van der Waals surface area contributed by atoms with Crippen molar-refractivity contribution in [2.45, 2.75) is 19.9 Å². The van der Waals surface area contributed by atoms with Crippen molar-refractivity contribution >= 4 is 17.1 Å². The molecule has 0 atom stereocenters. The first-order valence-corrected chi connectivity index (χ1v) is 5.62. The SMILES string of the molecule is CC(C)n1cc(Nc2cccc([N+](=O)[O-])c2)cn1. The number of nitro groups is 1. The summed E-state index contributed by atoms with van der Waals surface area (Å²) < 4.78 is 1.82. The van der Waals surface area contributed by atoms with Gasteiger partial charge in [-0.2, -0.15) is 5.10 Å². The van der Waals surface area contributed by atoms with E-state index >= 15 is 0 Å². The first kappa shape index (κ1) is 12.1. The standard InChI is InChI=1S/C12H14N4O2/c1-9(2)15-8-11(7-13-15)14-10-4-3-5-12(6-10)16(17)18/h3-9,14H,1-2H3. The van der Waals surface area contributed by atoms with Crippen molar-refractivity contribution < 1.29 is 4.92 Å². The van der Waals surface area contributed by atoms with Gasteiger partial charge < -0.3 is 5.32 Å². The predicted octanol–water partition coefficient (Wildman–Crippen LogP) is 3.12. The number of rotatable bonds is 4. The molecule has 0 radical (unpaired) electrons. The molecule has 0 spiro atoms. The highest BCUT2D eigenvalue weighted by molar-refractivity contribution is 5.60. The quantitative estimate of drug-likeness (QED) is 0.664. The highest BCUT2D eigenvalue weighted by Gasteiger charge is 2.07. The summed E-state index contributed by atoms with van der Waals surface area (Å²) in [6.45, 7) is 4.06. The van der Waals surface area contributed by atoms with Crippen LogP contribution in [0.4, 0.5) is 17.1 Å². The molecule has 0 saturated heterocycles. The van der Waals surface area contributed by atoms with Gasteiger partial charge in [0.1, 0.15) is 0 Å². The number of benzene rings is 1. The van der Waals surface area contributed by atoms with Crippen LogP contribution in [-0.2, 0) is 0 Å². The van der Waals surface area contributed by atoms with E-state index in [2.05, 4.69) is 10.4 Å². The minimum Gasteiger partial charge on any atom is -0.353 e. The van der Waals surface area contributed by atoms with E-state index in [0.29, 0.717) is 5.69 Å². The fourth-order valence-corrected chi connectivity index (χ4v) is 1.55. The van der Waals surface area contributed by atoms with Gasteiger partial charge in [-0.1, -0.05) is 6.07 Å². The number of nitrogens with zero attached hydrogens (tertiary/aromatic N) is 3. The van der Waals surface area contributed by atoms with Crippen molar-refractivity contribution in [3.63, 3.8) is 0 Å². The number of nitrogens with one attached hydrogen (secondary N) is 1. The maximum absolute atomic E-state index is 10.7. The van der Waals surface area contributed by atoms with Crippen molar-refractivity contribution in [2.75, 3.05) is 5.32 Å². The maximum atomic E-state index is 10.7. The van der Waals surface area contributed by atoms with Gasteiger partial charge in [0.15, 0.2) is 0 Å². The Morgan fingerprint density at radius 2 is 2.17 bits per heavy atom. The third-order valence-corrected chi connectivity index (χ3v) is 2.48. The monoisotopic (exact) mass is 246 g/mol. The minimum atomic E-state index is -0.414. The van der Waals surface area contributed by atoms with Crippen molar-refractivity contribution in [3.8, 4) is 0 Å². The summed E-state index contributed by atoms with van der Waals surface area (Å²) in [6, 6.07) is 6.66. The van der Waals surface area contributed by atoms with Crippen LogP contribution in [0, 0.1) is 10.1 Å². The third kappa shape index (κ3) is 2.65. The third-order valence-electron chi connectivity index (χ3n) is 2.48. The molecule has 2 aromatic rings. The highest BCUT2D eigenvalue weighted by atomic mass is 16.6. The first-order chi connectivity index (χ1) is 8.56. The van der Waals surface area contributed by atoms with Crippen LogP contribution in [0.3, 0.4) is 0 Å². The Morgan fingerprint density at radius 3 is 2.78 bits per heavy atom. The predicted molar refractivity (Wildman–Crippen MR) is 69.0 cm³/mol. The Hall–Kier alpha value is -2.37. The molecule has 1 heterocycles. The summed E-state index contributed by atoms with van der Waals surface area (Å²) in [5, 5.41) is 17.9. The average Bonchev–Trinajstić information content (AvgIpc) is 2.78. The maximum Gasteiger partial charge on any atom is 0.271 e. The smallest absolute Gasteiger partial charge is 0.271 e. The lowest BCUT2D eigenvalue weighted by atomic mass is 10.3. The Labute approximate surface area is 104 Å². The van der Waals surface area contributed by atoms with Gasteiger partial charge in [-0.3, -0.25) is 14.8 Å². The van der Waals surface area contributed by atoms with Crippen LogP contribution in [-0.4, -0.2) is 14.7 Å². The van der Waals surface area contributed by atoms with Crippen LogP contribution in [0.2, 0.25) is 0 Å². The van der Waals surface area contributed by atoms with Crippen molar-refractivity contribution in [2.24, 2.45) is 0 Å². The molecule has 0 aliphatic carbocycles. The second-order valence-corrected chi connectivity index (χ2v) is 4.24. The van der Waals surface area contributed by atoms with Crippen molar-refractivity contribution in [3.05, 3.63) is 46.8 Å². The van der Waals surface area contributed by atoms with Gasteiger partial charge in [-0.05, 0) is 19.9 Å². The van der Waals surface area contributed by atoms with E-state index in [1.165, 1.54) is 12.1 Å². The summed E-state index contributed by atoms with van der Waals surface area (Å²) in [5.74, 6) is 0. The molecular weight excluding hydrogens is 232 g/mol. The molecule has 18 heavy (non-hydrogen) atoms. The zero-order chi connectivity index (χ0) is 13.1. The van der Waals surface area contributed by atoms with E-state index in [1.807, 2.05) is 24.7 Å². The molecule has 0 unspecified atom stereocenters. The molecule has 0 bridgehead atoms. The molecule has 6 nitrogen and oxygen atoms in total. The van der Waals surface area contributed by atoms with E-state index in [9.17, 15) is 10.1 Å². The molecule has 0 amide bonds. The van der Waals surface area contributed by atoms with Gasteiger partial charge in [-0.25, -0.2) is 0 Å². The summed E-state index contributed by atoms with van der Waals surface area (Å²) >= 11 is 0. The normalized spacial score (nSPS) is 10.6. The summed E-state index contributed by atoms with van der Waals surface area (Å²) in [6.07, 6.45) is 3.56. The Kier molecular flexibility index (Phi) is 3.27. The molecule has 2 rings (SSSR count). The average molecular weight is 246 g/mol. The lowest BCUT2D eigenvalue weighted by molar-refractivity contribution is -0.384. The molecule has 6 heteroatoms. The minimum absolute atomic E-state index is 0.0660. The van der Waals surface area contributed by atoms with Gasteiger partial charge >= 0.3 is 0 Å². The molecule has 0 aliphatic heterocycles. The first-order valence-electron chi connectivity index (χ1n) is 5.62.